The van der Waals surface area contributed by atoms with Gasteiger partial charge >= 0.3 is 0 Å². The fourth-order valence-corrected chi connectivity index (χ4v) is 3.25. The largest absolute Gasteiger partial charge is 0.329 e. The molecule has 5 heteroatoms. The molecule has 1 unspecified atom stereocenters. The Kier molecular flexibility index (Phi) is 3.91. The van der Waals surface area contributed by atoms with Crippen molar-refractivity contribution in [1.29, 1.82) is 0 Å². The van der Waals surface area contributed by atoms with E-state index in [2.05, 4.69) is 15.9 Å². The Morgan fingerprint density at radius 2 is 2.00 bits per heavy atom. The van der Waals surface area contributed by atoms with Crippen LogP contribution in [0.15, 0.2) is 34.1 Å². The van der Waals surface area contributed by atoms with Gasteiger partial charge in [-0.25, -0.2) is 8.78 Å². The molecule has 0 spiro atoms. The first-order valence-electron chi connectivity index (χ1n) is 5.02. The quantitative estimate of drug-likeness (QED) is 0.913. The van der Waals surface area contributed by atoms with E-state index in [1.807, 2.05) is 12.1 Å². The van der Waals surface area contributed by atoms with E-state index in [9.17, 15) is 8.78 Å². The van der Waals surface area contributed by atoms with Gasteiger partial charge in [0, 0.05) is 22.9 Å². The van der Waals surface area contributed by atoms with Crippen LogP contribution in [0.1, 0.15) is 16.4 Å². The average molecular weight is 318 g/mol. The minimum Gasteiger partial charge on any atom is -0.329 e. The molecule has 2 rings (SSSR count). The van der Waals surface area contributed by atoms with E-state index in [4.69, 9.17) is 5.73 Å². The smallest absolute Gasteiger partial charge is 0.127 e. The van der Waals surface area contributed by atoms with Crippen molar-refractivity contribution in [3.05, 3.63) is 56.2 Å². The monoisotopic (exact) mass is 317 g/mol. The molecule has 1 aromatic heterocycles. The number of rotatable bonds is 3. The molecule has 1 nitrogen and oxygen atoms in total. The van der Waals surface area contributed by atoms with E-state index in [1.165, 1.54) is 17.4 Å². The summed E-state index contributed by atoms with van der Waals surface area (Å²) in [7, 11) is 0. The summed E-state index contributed by atoms with van der Waals surface area (Å²) in [6, 6.07) is 7.20. The average Bonchev–Trinajstić information content (AvgIpc) is 2.71. The molecular formula is C12H10BrF2NS. The predicted molar refractivity (Wildman–Crippen MR) is 69.3 cm³/mol. The summed E-state index contributed by atoms with van der Waals surface area (Å²) in [5.74, 6) is -1.18. The zero-order valence-corrected chi connectivity index (χ0v) is 11.2. The van der Waals surface area contributed by atoms with Crippen molar-refractivity contribution in [2.24, 2.45) is 5.73 Å². The third-order valence-corrected chi connectivity index (χ3v) is 4.24. The summed E-state index contributed by atoms with van der Waals surface area (Å²) in [5, 5.41) is 0. The van der Waals surface area contributed by atoms with Crippen molar-refractivity contribution in [3.63, 3.8) is 0 Å². The van der Waals surface area contributed by atoms with Crippen molar-refractivity contribution in [2.75, 3.05) is 6.54 Å². The molecule has 0 saturated heterocycles. The molecule has 0 saturated carbocycles. The van der Waals surface area contributed by atoms with Crippen LogP contribution in [0.2, 0.25) is 0 Å². The standard InChI is InChI=1S/C12H10BrF2NS/c13-12-4-3-11(17-12)9(6-16)8-5-7(14)1-2-10(8)15/h1-5,9H,6,16H2. The number of nitrogens with two attached hydrogens (primary N) is 1. The maximum absolute atomic E-state index is 13.7. The number of thiophene rings is 1. The van der Waals surface area contributed by atoms with Crippen LogP contribution in [-0.4, -0.2) is 6.54 Å². The highest BCUT2D eigenvalue weighted by molar-refractivity contribution is 9.11. The normalized spacial score (nSPS) is 12.7. The Morgan fingerprint density at radius 1 is 1.24 bits per heavy atom. The van der Waals surface area contributed by atoms with E-state index in [-0.39, 0.29) is 12.5 Å². The van der Waals surface area contributed by atoms with Crippen LogP contribution >= 0.6 is 27.3 Å². The highest BCUT2D eigenvalue weighted by atomic mass is 79.9. The SMILES string of the molecule is NCC(c1ccc(Br)s1)c1cc(F)ccc1F. The summed E-state index contributed by atoms with van der Waals surface area (Å²) in [6.45, 7) is 0.243. The molecule has 0 radical (unpaired) electrons. The highest BCUT2D eigenvalue weighted by Crippen LogP contribution is 2.33. The minimum atomic E-state index is -0.449. The summed E-state index contributed by atoms with van der Waals surface area (Å²) in [4.78, 5) is 0.920. The van der Waals surface area contributed by atoms with Crippen LogP contribution in [0.5, 0.6) is 0 Å². The van der Waals surface area contributed by atoms with Crippen LogP contribution < -0.4 is 5.73 Å². The second-order valence-electron chi connectivity index (χ2n) is 3.60. The Hall–Kier alpha value is -0.780. The van der Waals surface area contributed by atoms with Gasteiger partial charge in [0.2, 0.25) is 0 Å². The molecule has 0 aliphatic heterocycles. The fraction of sp³-hybridized carbons (Fsp3) is 0.167. The van der Waals surface area contributed by atoms with Gasteiger partial charge in [-0.05, 0) is 46.3 Å². The topological polar surface area (TPSA) is 26.0 Å². The molecule has 2 N–H and O–H groups in total. The highest BCUT2D eigenvalue weighted by Gasteiger charge is 2.18. The molecule has 0 bridgehead atoms. The van der Waals surface area contributed by atoms with Crippen LogP contribution in [0.4, 0.5) is 8.78 Å². The molecule has 0 aliphatic rings. The van der Waals surface area contributed by atoms with Gasteiger partial charge < -0.3 is 5.73 Å². The third kappa shape index (κ3) is 2.73. The van der Waals surface area contributed by atoms with Crippen molar-refractivity contribution < 1.29 is 8.78 Å². The Bertz CT molecular complexity index is 527. The molecule has 1 atom stereocenters. The van der Waals surface area contributed by atoms with Gasteiger partial charge in [-0.15, -0.1) is 11.3 Å². The maximum atomic E-state index is 13.7. The van der Waals surface area contributed by atoms with Crippen LogP contribution in [0.3, 0.4) is 0 Å². The van der Waals surface area contributed by atoms with Gasteiger partial charge in [0.25, 0.3) is 0 Å². The van der Waals surface area contributed by atoms with E-state index >= 15 is 0 Å². The molecule has 0 amide bonds. The number of hydrogen-bond donors (Lipinski definition) is 1. The Labute approximate surface area is 110 Å². The van der Waals surface area contributed by atoms with E-state index in [1.54, 1.807) is 0 Å². The van der Waals surface area contributed by atoms with E-state index < -0.39 is 11.6 Å². The van der Waals surface area contributed by atoms with Gasteiger partial charge in [0.05, 0.1) is 3.79 Å². The molecule has 17 heavy (non-hydrogen) atoms. The zero-order chi connectivity index (χ0) is 12.4. The molecule has 2 aromatic rings. The van der Waals surface area contributed by atoms with Gasteiger partial charge in [-0.2, -0.15) is 0 Å². The number of hydrogen-bond acceptors (Lipinski definition) is 2. The van der Waals surface area contributed by atoms with E-state index in [0.717, 1.165) is 20.8 Å². The van der Waals surface area contributed by atoms with Crippen LogP contribution in [0, 0.1) is 11.6 Å². The second-order valence-corrected chi connectivity index (χ2v) is 6.09. The second kappa shape index (κ2) is 5.25. The molecule has 0 fully saturated rings. The first-order chi connectivity index (χ1) is 8.11. The van der Waals surface area contributed by atoms with Crippen molar-refractivity contribution >= 4 is 27.3 Å². The lowest BCUT2D eigenvalue weighted by Crippen LogP contribution is -2.14. The first kappa shape index (κ1) is 12.7. The molecule has 90 valence electrons. The fourth-order valence-electron chi connectivity index (χ4n) is 1.69. The molecule has 1 aromatic carbocycles. The maximum Gasteiger partial charge on any atom is 0.127 e. The number of benzene rings is 1. The summed E-state index contributed by atoms with van der Waals surface area (Å²) < 4.78 is 27.8. The predicted octanol–water partition coefficient (Wildman–Crippen LogP) is 3.88. The van der Waals surface area contributed by atoms with Gasteiger partial charge in [-0.1, -0.05) is 0 Å². The van der Waals surface area contributed by atoms with Gasteiger partial charge in [-0.3, -0.25) is 0 Å². The van der Waals surface area contributed by atoms with Gasteiger partial charge in [0.15, 0.2) is 0 Å². The molecular weight excluding hydrogens is 308 g/mol. The van der Waals surface area contributed by atoms with Crippen molar-refractivity contribution in [3.8, 4) is 0 Å². The van der Waals surface area contributed by atoms with Crippen LogP contribution in [0.25, 0.3) is 0 Å². The lowest BCUT2D eigenvalue weighted by Gasteiger charge is -2.14. The Morgan fingerprint density at radius 3 is 2.59 bits per heavy atom. The lowest BCUT2D eigenvalue weighted by molar-refractivity contribution is 0.576. The zero-order valence-electron chi connectivity index (χ0n) is 8.79. The van der Waals surface area contributed by atoms with Crippen molar-refractivity contribution in [2.45, 2.75) is 5.92 Å². The minimum absolute atomic E-state index is 0.243. The molecule has 1 heterocycles. The third-order valence-electron chi connectivity index (χ3n) is 2.51. The summed E-state index contributed by atoms with van der Waals surface area (Å²) >= 11 is 4.82. The lowest BCUT2D eigenvalue weighted by atomic mass is 9.97. The van der Waals surface area contributed by atoms with E-state index in [0.29, 0.717) is 5.56 Å². The van der Waals surface area contributed by atoms with Crippen molar-refractivity contribution in [1.82, 2.24) is 0 Å². The summed E-state index contributed by atoms with van der Waals surface area (Å²) in [6.07, 6.45) is 0. The summed E-state index contributed by atoms with van der Waals surface area (Å²) in [5.41, 5.74) is 5.97. The molecule has 0 aliphatic carbocycles. The first-order valence-corrected chi connectivity index (χ1v) is 6.63. The number of halogens is 3. The Balaban J connectivity index is 2.45. The van der Waals surface area contributed by atoms with Gasteiger partial charge in [0.1, 0.15) is 11.6 Å². The van der Waals surface area contributed by atoms with Crippen LogP contribution in [-0.2, 0) is 0 Å².